The van der Waals surface area contributed by atoms with E-state index in [-0.39, 0.29) is 5.91 Å². The number of aromatic nitrogens is 2. The molecule has 132 valence electrons. The maximum Gasteiger partial charge on any atom is 0.230 e. The topological polar surface area (TPSA) is 67.4 Å². The number of rotatable bonds is 7. The predicted octanol–water partition coefficient (Wildman–Crippen LogP) is 1.76. The highest BCUT2D eigenvalue weighted by atomic mass is 32.2. The highest BCUT2D eigenvalue weighted by Crippen LogP contribution is 2.20. The van der Waals surface area contributed by atoms with E-state index in [1.165, 1.54) is 17.3 Å². The number of amides is 1. The Morgan fingerprint density at radius 2 is 2.00 bits per heavy atom. The van der Waals surface area contributed by atoms with Gasteiger partial charge in [-0.25, -0.2) is 9.97 Å². The first-order valence-electron chi connectivity index (χ1n) is 8.39. The predicted molar refractivity (Wildman–Crippen MR) is 98.9 cm³/mol. The summed E-state index contributed by atoms with van der Waals surface area (Å²) in [6, 6.07) is 12.1. The van der Waals surface area contributed by atoms with E-state index in [2.05, 4.69) is 32.3 Å². The minimum Gasteiger partial charge on any atom is -0.378 e. The zero-order valence-electron chi connectivity index (χ0n) is 14.1. The van der Waals surface area contributed by atoms with E-state index in [0.717, 1.165) is 43.6 Å². The molecule has 1 amide bonds. The molecule has 6 nitrogen and oxygen atoms in total. The first kappa shape index (κ1) is 17.7. The van der Waals surface area contributed by atoms with Crippen LogP contribution in [0, 0.1) is 0 Å². The molecule has 1 N–H and O–H groups in total. The Labute approximate surface area is 152 Å². The lowest BCUT2D eigenvalue weighted by Gasteiger charge is -2.27. The number of hydrogen-bond acceptors (Lipinski definition) is 6. The van der Waals surface area contributed by atoms with E-state index in [4.69, 9.17) is 4.74 Å². The molecule has 0 atom stereocenters. The number of thioether (sulfide) groups is 1. The molecule has 1 fully saturated rings. The lowest BCUT2D eigenvalue weighted by Crippen LogP contribution is -2.36. The third-order valence-corrected chi connectivity index (χ3v) is 4.82. The minimum absolute atomic E-state index is 0.0208. The van der Waals surface area contributed by atoms with E-state index in [9.17, 15) is 4.79 Å². The zero-order valence-corrected chi connectivity index (χ0v) is 14.9. The van der Waals surface area contributed by atoms with Crippen LogP contribution in [0.3, 0.4) is 0 Å². The third-order valence-electron chi connectivity index (χ3n) is 3.89. The van der Waals surface area contributed by atoms with Crippen LogP contribution in [0.2, 0.25) is 0 Å². The van der Waals surface area contributed by atoms with Gasteiger partial charge in [-0.3, -0.25) is 4.79 Å². The maximum atomic E-state index is 12.0. The van der Waals surface area contributed by atoms with Crippen LogP contribution in [-0.4, -0.2) is 54.5 Å². The smallest absolute Gasteiger partial charge is 0.230 e. The summed E-state index contributed by atoms with van der Waals surface area (Å²) in [5.74, 6) is 1.27. The molecular weight excluding hydrogens is 336 g/mol. The number of carbonyl (C=O) groups is 1. The van der Waals surface area contributed by atoms with Gasteiger partial charge in [0.1, 0.15) is 17.2 Å². The fourth-order valence-electron chi connectivity index (χ4n) is 2.56. The lowest BCUT2D eigenvalue weighted by atomic mass is 10.1. The van der Waals surface area contributed by atoms with Gasteiger partial charge < -0.3 is 15.0 Å². The van der Waals surface area contributed by atoms with Gasteiger partial charge in [0.05, 0.1) is 19.0 Å². The first-order chi connectivity index (χ1) is 12.3. The SMILES string of the molecule is O=C(CSc1cc(N2CCOCC2)ncn1)NCCc1ccccc1. The van der Waals surface area contributed by atoms with E-state index in [0.29, 0.717) is 12.3 Å². The summed E-state index contributed by atoms with van der Waals surface area (Å²) >= 11 is 1.43. The van der Waals surface area contributed by atoms with Crippen molar-refractivity contribution in [1.82, 2.24) is 15.3 Å². The van der Waals surface area contributed by atoms with E-state index < -0.39 is 0 Å². The Kier molecular flexibility index (Phi) is 6.64. The van der Waals surface area contributed by atoms with Crippen molar-refractivity contribution >= 4 is 23.5 Å². The number of nitrogens with one attached hydrogen (secondary N) is 1. The molecule has 7 heteroatoms. The van der Waals surface area contributed by atoms with Gasteiger partial charge in [0.15, 0.2) is 0 Å². The zero-order chi connectivity index (χ0) is 17.3. The molecule has 2 heterocycles. The summed E-state index contributed by atoms with van der Waals surface area (Å²) in [5, 5.41) is 3.76. The van der Waals surface area contributed by atoms with Crippen LogP contribution in [-0.2, 0) is 16.0 Å². The van der Waals surface area contributed by atoms with Crippen LogP contribution in [0.15, 0.2) is 47.8 Å². The summed E-state index contributed by atoms with van der Waals surface area (Å²) in [6.07, 6.45) is 2.40. The molecule has 1 aromatic carbocycles. The van der Waals surface area contributed by atoms with Crippen LogP contribution in [0.1, 0.15) is 5.56 Å². The highest BCUT2D eigenvalue weighted by Gasteiger charge is 2.13. The molecule has 1 aliphatic heterocycles. The summed E-state index contributed by atoms with van der Waals surface area (Å²) in [4.78, 5) is 22.7. The second-order valence-electron chi connectivity index (χ2n) is 5.69. The highest BCUT2D eigenvalue weighted by molar-refractivity contribution is 7.99. The van der Waals surface area contributed by atoms with Crippen molar-refractivity contribution in [3.63, 3.8) is 0 Å². The summed E-state index contributed by atoms with van der Waals surface area (Å²) in [6.45, 7) is 3.75. The molecule has 0 aliphatic carbocycles. The van der Waals surface area contributed by atoms with Gasteiger partial charge in [-0.15, -0.1) is 0 Å². The molecule has 25 heavy (non-hydrogen) atoms. The Hall–Kier alpha value is -2.12. The van der Waals surface area contributed by atoms with Gasteiger partial charge in [0, 0.05) is 25.7 Å². The van der Waals surface area contributed by atoms with Crippen molar-refractivity contribution in [2.45, 2.75) is 11.4 Å². The largest absolute Gasteiger partial charge is 0.378 e. The number of ether oxygens (including phenoxy) is 1. The summed E-state index contributed by atoms with van der Waals surface area (Å²) in [5.41, 5.74) is 1.22. The Bertz CT molecular complexity index is 678. The van der Waals surface area contributed by atoms with Crippen molar-refractivity contribution in [2.24, 2.45) is 0 Å². The average Bonchev–Trinajstić information content (AvgIpc) is 2.68. The number of hydrogen-bond donors (Lipinski definition) is 1. The van der Waals surface area contributed by atoms with Crippen molar-refractivity contribution in [1.29, 1.82) is 0 Å². The molecule has 0 radical (unpaired) electrons. The normalized spacial score (nSPS) is 14.3. The van der Waals surface area contributed by atoms with Gasteiger partial charge in [-0.2, -0.15) is 0 Å². The Morgan fingerprint density at radius 1 is 1.20 bits per heavy atom. The second-order valence-corrected chi connectivity index (χ2v) is 6.68. The van der Waals surface area contributed by atoms with E-state index in [1.54, 1.807) is 6.33 Å². The third kappa shape index (κ3) is 5.72. The molecule has 1 aromatic heterocycles. The summed E-state index contributed by atoms with van der Waals surface area (Å²) in [7, 11) is 0. The van der Waals surface area contributed by atoms with Crippen LogP contribution >= 0.6 is 11.8 Å². The number of benzene rings is 1. The molecule has 1 aliphatic rings. The van der Waals surface area contributed by atoms with Gasteiger partial charge in [-0.1, -0.05) is 42.1 Å². The maximum absolute atomic E-state index is 12.0. The van der Waals surface area contributed by atoms with Gasteiger partial charge >= 0.3 is 0 Å². The average molecular weight is 358 g/mol. The fourth-order valence-corrected chi connectivity index (χ4v) is 3.25. The lowest BCUT2D eigenvalue weighted by molar-refractivity contribution is -0.118. The summed E-state index contributed by atoms with van der Waals surface area (Å²) < 4.78 is 5.36. The van der Waals surface area contributed by atoms with Crippen LogP contribution < -0.4 is 10.2 Å². The van der Waals surface area contributed by atoms with Crippen molar-refractivity contribution in [3.05, 3.63) is 48.3 Å². The Balaban J connectivity index is 1.42. The molecule has 2 aromatic rings. The minimum atomic E-state index is 0.0208. The van der Waals surface area contributed by atoms with Gasteiger partial charge in [0.25, 0.3) is 0 Å². The molecule has 0 unspecified atom stereocenters. The monoisotopic (exact) mass is 358 g/mol. The molecule has 3 rings (SSSR count). The molecule has 0 spiro atoms. The molecule has 0 bridgehead atoms. The van der Waals surface area contributed by atoms with Crippen molar-refractivity contribution in [2.75, 3.05) is 43.5 Å². The number of carbonyl (C=O) groups excluding carboxylic acids is 1. The molecular formula is C18H22N4O2S. The van der Waals surface area contributed by atoms with E-state index in [1.807, 2.05) is 24.3 Å². The standard InChI is InChI=1S/C18H22N4O2S/c23-17(19-7-6-15-4-2-1-3-5-15)13-25-18-12-16(20-14-21-18)22-8-10-24-11-9-22/h1-5,12,14H,6-11,13H2,(H,19,23). The number of morpholine rings is 1. The molecule has 0 saturated carbocycles. The number of anilines is 1. The Morgan fingerprint density at radius 3 is 2.80 bits per heavy atom. The molecule has 1 saturated heterocycles. The van der Waals surface area contributed by atoms with Crippen molar-refractivity contribution < 1.29 is 9.53 Å². The van der Waals surface area contributed by atoms with Gasteiger partial charge in [-0.05, 0) is 12.0 Å². The van der Waals surface area contributed by atoms with Crippen LogP contribution in [0.25, 0.3) is 0 Å². The fraction of sp³-hybridized carbons (Fsp3) is 0.389. The quantitative estimate of drug-likeness (QED) is 0.601. The first-order valence-corrected chi connectivity index (χ1v) is 9.38. The van der Waals surface area contributed by atoms with Crippen LogP contribution in [0.4, 0.5) is 5.82 Å². The van der Waals surface area contributed by atoms with Gasteiger partial charge in [0.2, 0.25) is 5.91 Å². The van der Waals surface area contributed by atoms with Crippen LogP contribution in [0.5, 0.6) is 0 Å². The number of nitrogens with zero attached hydrogens (tertiary/aromatic N) is 3. The van der Waals surface area contributed by atoms with E-state index >= 15 is 0 Å². The van der Waals surface area contributed by atoms with Crippen molar-refractivity contribution in [3.8, 4) is 0 Å². The second kappa shape index (κ2) is 9.39.